The zero-order valence-electron chi connectivity index (χ0n) is 11.8. The lowest BCUT2D eigenvalue weighted by Gasteiger charge is -2.32. The van der Waals surface area contributed by atoms with Crippen molar-refractivity contribution >= 4 is 21.9 Å². The minimum atomic E-state index is -3.40. The second-order valence-electron chi connectivity index (χ2n) is 5.20. The third-order valence-electron chi connectivity index (χ3n) is 3.48. The Hall–Kier alpha value is -1.15. The van der Waals surface area contributed by atoms with Crippen LogP contribution in [0.2, 0.25) is 0 Å². The molecule has 1 rings (SSSR count). The smallest absolute Gasteiger partial charge is 0.306 e. The SMILES string of the molecule is CC(CCNC(=O)C1CCCCN1S(C)(=O)=O)C(=O)O. The van der Waals surface area contributed by atoms with Gasteiger partial charge in [0.25, 0.3) is 0 Å². The number of piperidine rings is 1. The molecule has 7 nitrogen and oxygen atoms in total. The second-order valence-corrected chi connectivity index (χ2v) is 7.14. The molecule has 0 saturated carbocycles. The van der Waals surface area contributed by atoms with E-state index in [1.54, 1.807) is 6.92 Å². The minimum absolute atomic E-state index is 0.237. The number of nitrogens with zero attached hydrogens (tertiary/aromatic N) is 1. The van der Waals surface area contributed by atoms with Crippen molar-refractivity contribution in [2.24, 2.45) is 5.92 Å². The highest BCUT2D eigenvalue weighted by molar-refractivity contribution is 7.88. The number of aliphatic carboxylic acids is 1. The first kappa shape index (κ1) is 16.9. The van der Waals surface area contributed by atoms with Gasteiger partial charge in [0.2, 0.25) is 15.9 Å². The molecule has 0 aromatic heterocycles. The number of nitrogens with one attached hydrogen (secondary N) is 1. The maximum atomic E-state index is 12.0. The number of carbonyl (C=O) groups is 2. The second kappa shape index (κ2) is 7.03. The van der Waals surface area contributed by atoms with Crippen LogP contribution in [0.25, 0.3) is 0 Å². The Morgan fingerprint density at radius 1 is 1.40 bits per heavy atom. The number of carbonyl (C=O) groups excluding carboxylic acids is 1. The topological polar surface area (TPSA) is 104 Å². The average molecular weight is 306 g/mol. The Balaban J connectivity index is 2.54. The van der Waals surface area contributed by atoms with Gasteiger partial charge in [-0.1, -0.05) is 13.3 Å². The fourth-order valence-electron chi connectivity index (χ4n) is 2.22. The molecule has 0 aromatic carbocycles. The summed E-state index contributed by atoms with van der Waals surface area (Å²) in [4.78, 5) is 22.7. The van der Waals surface area contributed by atoms with Crippen LogP contribution in [0, 0.1) is 5.92 Å². The van der Waals surface area contributed by atoms with Gasteiger partial charge in [0.05, 0.1) is 12.2 Å². The summed E-state index contributed by atoms with van der Waals surface area (Å²) < 4.78 is 24.5. The van der Waals surface area contributed by atoms with E-state index in [0.29, 0.717) is 19.4 Å². The van der Waals surface area contributed by atoms with Gasteiger partial charge >= 0.3 is 5.97 Å². The zero-order chi connectivity index (χ0) is 15.3. The van der Waals surface area contributed by atoms with Crippen LogP contribution in [0.4, 0.5) is 0 Å². The standard InChI is InChI=1S/C12H22N2O5S/c1-9(12(16)17)6-7-13-11(15)10-5-3-4-8-14(10)20(2,18)19/h9-10H,3-8H2,1-2H3,(H,13,15)(H,16,17). The Morgan fingerprint density at radius 2 is 2.05 bits per heavy atom. The van der Waals surface area contributed by atoms with E-state index >= 15 is 0 Å². The van der Waals surface area contributed by atoms with Gasteiger partial charge in [-0.2, -0.15) is 4.31 Å². The van der Waals surface area contributed by atoms with E-state index in [4.69, 9.17) is 5.11 Å². The van der Waals surface area contributed by atoms with Crippen LogP contribution in [0.1, 0.15) is 32.6 Å². The maximum Gasteiger partial charge on any atom is 0.306 e. The van der Waals surface area contributed by atoms with Crippen LogP contribution >= 0.6 is 0 Å². The molecule has 0 radical (unpaired) electrons. The Kier molecular flexibility index (Phi) is 5.94. The molecule has 0 bridgehead atoms. The number of sulfonamides is 1. The van der Waals surface area contributed by atoms with Crippen molar-refractivity contribution in [1.29, 1.82) is 0 Å². The molecular weight excluding hydrogens is 284 g/mol. The predicted octanol–water partition coefficient (Wildman–Crippen LogP) is 0.0275. The van der Waals surface area contributed by atoms with Crippen molar-refractivity contribution in [3.63, 3.8) is 0 Å². The van der Waals surface area contributed by atoms with Gasteiger partial charge in [-0.05, 0) is 19.3 Å². The highest BCUT2D eigenvalue weighted by Crippen LogP contribution is 2.19. The van der Waals surface area contributed by atoms with Crippen LogP contribution in [0.15, 0.2) is 0 Å². The Bertz CT molecular complexity index is 462. The molecule has 116 valence electrons. The normalized spacial score (nSPS) is 22.2. The number of rotatable bonds is 6. The van der Waals surface area contributed by atoms with Crippen LogP contribution in [-0.2, 0) is 19.6 Å². The summed E-state index contributed by atoms with van der Waals surface area (Å²) in [5.41, 5.74) is 0. The molecule has 1 aliphatic rings. The molecule has 0 aliphatic carbocycles. The maximum absolute atomic E-state index is 12.0. The first-order valence-corrected chi connectivity index (χ1v) is 8.55. The first-order valence-electron chi connectivity index (χ1n) is 6.71. The molecule has 20 heavy (non-hydrogen) atoms. The highest BCUT2D eigenvalue weighted by atomic mass is 32.2. The first-order chi connectivity index (χ1) is 9.23. The molecule has 0 aromatic rings. The third kappa shape index (κ3) is 4.75. The van der Waals surface area contributed by atoms with Gasteiger partial charge in [-0.3, -0.25) is 9.59 Å². The third-order valence-corrected chi connectivity index (χ3v) is 4.77. The number of carboxylic acid groups (broad SMARTS) is 1. The number of amides is 1. The van der Waals surface area contributed by atoms with E-state index in [2.05, 4.69) is 5.32 Å². The van der Waals surface area contributed by atoms with E-state index in [1.165, 1.54) is 4.31 Å². The van der Waals surface area contributed by atoms with Crippen molar-refractivity contribution in [3.05, 3.63) is 0 Å². The predicted molar refractivity (Wildman–Crippen MR) is 73.6 cm³/mol. The Labute approximate surface area is 119 Å². The van der Waals surface area contributed by atoms with Gasteiger partial charge in [-0.15, -0.1) is 0 Å². The monoisotopic (exact) mass is 306 g/mol. The summed E-state index contributed by atoms with van der Waals surface area (Å²) in [5, 5.41) is 11.4. The van der Waals surface area contributed by atoms with Gasteiger partial charge in [-0.25, -0.2) is 8.42 Å². The molecule has 1 aliphatic heterocycles. The lowest BCUT2D eigenvalue weighted by molar-refractivity contribution is -0.141. The van der Waals surface area contributed by atoms with Gasteiger partial charge < -0.3 is 10.4 Å². The van der Waals surface area contributed by atoms with Gasteiger partial charge in [0, 0.05) is 13.1 Å². The van der Waals surface area contributed by atoms with E-state index in [0.717, 1.165) is 19.1 Å². The highest BCUT2D eigenvalue weighted by Gasteiger charge is 2.34. The van der Waals surface area contributed by atoms with Crippen LogP contribution in [0.3, 0.4) is 0 Å². The quantitative estimate of drug-likeness (QED) is 0.720. The lowest BCUT2D eigenvalue weighted by Crippen LogP contribution is -2.51. The molecular formula is C12H22N2O5S. The fourth-order valence-corrected chi connectivity index (χ4v) is 3.34. The van der Waals surface area contributed by atoms with Gasteiger partial charge in [0.1, 0.15) is 6.04 Å². The number of hydrogen-bond acceptors (Lipinski definition) is 4. The molecule has 8 heteroatoms. The molecule has 2 unspecified atom stereocenters. The molecule has 0 spiro atoms. The van der Waals surface area contributed by atoms with Crippen molar-refractivity contribution in [1.82, 2.24) is 9.62 Å². The molecule has 2 N–H and O–H groups in total. The largest absolute Gasteiger partial charge is 0.481 e. The molecule has 2 atom stereocenters. The summed E-state index contributed by atoms with van der Waals surface area (Å²) in [6, 6.07) is -0.668. The molecule has 1 amide bonds. The summed E-state index contributed by atoms with van der Waals surface area (Å²) >= 11 is 0. The zero-order valence-corrected chi connectivity index (χ0v) is 12.6. The fraction of sp³-hybridized carbons (Fsp3) is 0.833. The van der Waals surface area contributed by atoms with E-state index < -0.39 is 28.0 Å². The van der Waals surface area contributed by atoms with Crippen molar-refractivity contribution in [3.8, 4) is 0 Å². The minimum Gasteiger partial charge on any atom is -0.481 e. The Morgan fingerprint density at radius 3 is 2.60 bits per heavy atom. The van der Waals surface area contributed by atoms with Crippen molar-refractivity contribution in [2.75, 3.05) is 19.3 Å². The summed E-state index contributed by atoms with van der Waals surface area (Å²) in [6.07, 6.45) is 3.51. The average Bonchev–Trinajstić information content (AvgIpc) is 2.37. The van der Waals surface area contributed by atoms with Crippen molar-refractivity contribution < 1.29 is 23.1 Å². The molecule has 1 saturated heterocycles. The van der Waals surface area contributed by atoms with E-state index in [1.807, 2.05) is 0 Å². The molecule has 1 fully saturated rings. The summed E-state index contributed by atoms with van der Waals surface area (Å²) in [7, 11) is -3.40. The number of hydrogen-bond donors (Lipinski definition) is 2. The van der Waals surface area contributed by atoms with Crippen LogP contribution < -0.4 is 5.32 Å². The lowest BCUT2D eigenvalue weighted by atomic mass is 10.0. The van der Waals surface area contributed by atoms with Crippen LogP contribution in [-0.4, -0.2) is 55.1 Å². The summed E-state index contributed by atoms with van der Waals surface area (Å²) in [5.74, 6) is -1.78. The van der Waals surface area contributed by atoms with E-state index in [9.17, 15) is 18.0 Å². The van der Waals surface area contributed by atoms with Crippen molar-refractivity contribution in [2.45, 2.75) is 38.6 Å². The number of carboxylic acids is 1. The molecule has 1 heterocycles. The van der Waals surface area contributed by atoms with E-state index in [-0.39, 0.29) is 12.5 Å². The van der Waals surface area contributed by atoms with Crippen LogP contribution in [0.5, 0.6) is 0 Å². The summed E-state index contributed by atoms with van der Waals surface area (Å²) in [6.45, 7) is 2.17. The van der Waals surface area contributed by atoms with Gasteiger partial charge in [0.15, 0.2) is 0 Å².